The minimum absolute atomic E-state index is 0.208. The Kier molecular flexibility index (Phi) is 3.15. The van der Waals surface area contributed by atoms with Gasteiger partial charge in [0.25, 0.3) is 0 Å². The van der Waals surface area contributed by atoms with Crippen LogP contribution in [0.2, 0.25) is 0 Å². The van der Waals surface area contributed by atoms with Gasteiger partial charge in [0.1, 0.15) is 0 Å². The van der Waals surface area contributed by atoms with Crippen molar-refractivity contribution in [3.8, 4) is 12.3 Å². The van der Waals surface area contributed by atoms with Crippen molar-refractivity contribution in [1.82, 2.24) is 0 Å². The van der Waals surface area contributed by atoms with E-state index in [0.29, 0.717) is 0 Å². The lowest BCUT2D eigenvalue weighted by atomic mass is 9.79. The molecule has 0 atom stereocenters. The maximum atomic E-state index is 5.42. The van der Waals surface area contributed by atoms with E-state index >= 15 is 0 Å². The predicted molar refractivity (Wildman–Crippen MR) is 78.9 cm³/mol. The zero-order valence-corrected chi connectivity index (χ0v) is 12.0. The fraction of sp³-hybridized carbons (Fsp3) is 0.529. The normalized spacial score (nSPS) is 21.4. The number of piperidine rings is 1. The first-order valence-corrected chi connectivity index (χ1v) is 6.74. The average molecular weight is 241 g/mol. The van der Waals surface area contributed by atoms with E-state index in [-0.39, 0.29) is 11.1 Å². The maximum Gasteiger partial charge on any atom is 0.0375 e. The first-order chi connectivity index (χ1) is 8.37. The lowest BCUT2D eigenvalue weighted by molar-refractivity contribution is 0.244. The molecule has 1 aliphatic rings. The Morgan fingerprint density at radius 1 is 1.00 bits per heavy atom. The summed E-state index contributed by atoms with van der Waals surface area (Å²) in [5.41, 5.74) is 2.65. The zero-order chi connectivity index (χ0) is 13.4. The highest BCUT2D eigenvalue weighted by Crippen LogP contribution is 2.41. The molecule has 1 heterocycles. The summed E-state index contributed by atoms with van der Waals surface area (Å²) in [6.45, 7) is 9.35. The Morgan fingerprint density at radius 3 is 1.94 bits per heavy atom. The molecule has 1 aromatic carbocycles. The molecular formula is C17H23N. The smallest absolute Gasteiger partial charge is 0.0375 e. The van der Waals surface area contributed by atoms with E-state index in [1.54, 1.807) is 0 Å². The summed E-state index contributed by atoms with van der Waals surface area (Å²) in [5, 5.41) is 0. The van der Waals surface area contributed by atoms with E-state index in [9.17, 15) is 0 Å². The van der Waals surface area contributed by atoms with Gasteiger partial charge in [-0.05, 0) is 71.2 Å². The van der Waals surface area contributed by atoms with Crippen LogP contribution in [0.1, 0.15) is 52.5 Å². The van der Waals surface area contributed by atoms with Crippen LogP contribution in [0.25, 0.3) is 0 Å². The van der Waals surface area contributed by atoms with Gasteiger partial charge in [0.2, 0.25) is 0 Å². The molecule has 1 aliphatic heterocycles. The van der Waals surface area contributed by atoms with E-state index in [1.165, 1.54) is 24.9 Å². The lowest BCUT2D eigenvalue weighted by Crippen LogP contribution is -2.58. The van der Waals surface area contributed by atoms with E-state index in [0.717, 1.165) is 5.56 Å². The molecule has 96 valence electrons. The maximum absolute atomic E-state index is 5.42. The highest BCUT2D eigenvalue weighted by Gasteiger charge is 2.41. The second-order valence-corrected chi connectivity index (χ2v) is 6.51. The molecule has 1 saturated heterocycles. The summed E-state index contributed by atoms with van der Waals surface area (Å²) in [7, 11) is 0. The van der Waals surface area contributed by atoms with Crippen molar-refractivity contribution < 1.29 is 0 Å². The van der Waals surface area contributed by atoms with Gasteiger partial charge in [-0.3, -0.25) is 0 Å². The summed E-state index contributed by atoms with van der Waals surface area (Å²) in [4.78, 5) is 2.56. The number of rotatable bonds is 1. The molecule has 18 heavy (non-hydrogen) atoms. The summed E-state index contributed by atoms with van der Waals surface area (Å²) in [6.07, 6.45) is 9.21. The fourth-order valence-corrected chi connectivity index (χ4v) is 3.40. The molecule has 2 rings (SSSR count). The average Bonchev–Trinajstić information content (AvgIpc) is 2.27. The van der Waals surface area contributed by atoms with Crippen LogP contribution in [-0.4, -0.2) is 11.1 Å². The number of hydrogen-bond donors (Lipinski definition) is 0. The highest BCUT2D eigenvalue weighted by atomic mass is 15.3. The molecule has 1 fully saturated rings. The van der Waals surface area contributed by atoms with E-state index in [1.807, 2.05) is 12.1 Å². The van der Waals surface area contributed by atoms with Crippen molar-refractivity contribution in [2.45, 2.75) is 58.0 Å². The van der Waals surface area contributed by atoms with Crippen LogP contribution in [0.15, 0.2) is 24.3 Å². The first kappa shape index (κ1) is 13.0. The SMILES string of the molecule is C#Cc1ccc(N2C(C)(C)CCCC2(C)C)cc1. The number of anilines is 1. The standard InChI is InChI=1S/C17H23N/c1-6-14-8-10-15(11-9-14)18-16(2,3)12-7-13-17(18,4)5/h1,8-11H,7,12-13H2,2-5H3. The van der Waals surface area contributed by atoms with Crippen molar-refractivity contribution in [2.75, 3.05) is 4.90 Å². The summed E-state index contributed by atoms with van der Waals surface area (Å²) in [5.74, 6) is 2.68. The largest absolute Gasteiger partial charge is 0.361 e. The minimum atomic E-state index is 0.208. The van der Waals surface area contributed by atoms with Crippen LogP contribution in [0.4, 0.5) is 5.69 Å². The summed E-state index contributed by atoms with van der Waals surface area (Å²) >= 11 is 0. The van der Waals surface area contributed by atoms with Crippen molar-refractivity contribution in [1.29, 1.82) is 0 Å². The third-order valence-electron chi connectivity index (χ3n) is 4.08. The lowest BCUT2D eigenvalue weighted by Gasteiger charge is -2.54. The Bertz CT molecular complexity index is 443. The number of benzene rings is 1. The molecule has 0 N–H and O–H groups in total. The molecule has 0 aromatic heterocycles. The van der Waals surface area contributed by atoms with Crippen LogP contribution in [0, 0.1) is 12.3 Å². The van der Waals surface area contributed by atoms with Gasteiger partial charge >= 0.3 is 0 Å². The Morgan fingerprint density at radius 2 is 1.50 bits per heavy atom. The quantitative estimate of drug-likeness (QED) is 0.666. The third kappa shape index (κ3) is 2.25. The molecule has 0 bridgehead atoms. The zero-order valence-electron chi connectivity index (χ0n) is 12.0. The van der Waals surface area contributed by atoms with Crippen LogP contribution < -0.4 is 4.90 Å². The fourth-order valence-electron chi connectivity index (χ4n) is 3.40. The Labute approximate surface area is 111 Å². The van der Waals surface area contributed by atoms with Gasteiger partial charge in [-0.15, -0.1) is 6.42 Å². The predicted octanol–water partition coefficient (Wildman–Crippen LogP) is 4.22. The number of hydrogen-bond acceptors (Lipinski definition) is 1. The monoisotopic (exact) mass is 241 g/mol. The number of nitrogens with zero attached hydrogens (tertiary/aromatic N) is 1. The Balaban J connectivity index is 2.41. The molecule has 0 amide bonds. The van der Waals surface area contributed by atoms with Gasteiger partial charge in [0.15, 0.2) is 0 Å². The Hall–Kier alpha value is -1.42. The van der Waals surface area contributed by atoms with Crippen molar-refractivity contribution in [2.24, 2.45) is 0 Å². The van der Waals surface area contributed by atoms with Crippen LogP contribution in [0.3, 0.4) is 0 Å². The van der Waals surface area contributed by atoms with Gasteiger partial charge < -0.3 is 4.90 Å². The van der Waals surface area contributed by atoms with Gasteiger partial charge in [0, 0.05) is 22.3 Å². The summed E-state index contributed by atoms with van der Waals surface area (Å²) < 4.78 is 0. The van der Waals surface area contributed by atoms with E-state index in [4.69, 9.17) is 6.42 Å². The van der Waals surface area contributed by atoms with Crippen LogP contribution in [0.5, 0.6) is 0 Å². The van der Waals surface area contributed by atoms with Gasteiger partial charge in [-0.25, -0.2) is 0 Å². The van der Waals surface area contributed by atoms with Crippen molar-refractivity contribution in [3.63, 3.8) is 0 Å². The number of terminal acetylenes is 1. The van der Waals surface area contributed by atoms with Crippen LogP contribution >= 0.6 is 0 Å². The highest BCUT2D eigenvalue weighted by molar-refractivity contribution is 5.54. The van der Waals surface area contributed by atoms with E-state index in [2.05, 4.69) is 50.6 Å². The first-order valence-electron chi connectivity index (χ1n) is 6.74. The minimum Gasteiger partial charge on any atom is -0.361 e. The molecule has 0 radical (unpaired) electrons. The van der Waals surface area contributed by atoms with Gasteiger partial charge in [-0.2, -0.15) is 0 Å². The van der Waals surface area contributed by atoms with Crippen LogP contribution in [-0.2, 0) is 0 Å². The van der Waals surface area contributed by atoms with Gasteiger partial charge in [-0.1, -0.05) is 5.92 Å². The van der Waals surface area contributed by atoms with Gasteiger partial charge in [0.05, 0.1) is 0 Å². The molecule has 1 heteroatoms. The molecule has 1 aromatic rings. The van der Waals surface area contributed by atoms with Crippen molar-refractivity contribution >= 4 is 5.69 Å². The molecular weight excluding hydrogens is 218 g/mol. The third-order valence-corrected chi connectivity index (χ3v) is 4.08. The molecule has 1 nitrogen and oxygen atoms in total. The summed E-state index contributed by atoms with van der Waals surface area (Å²) in [6, 6.07) is 8.39. The van der Waals surface area contributed by atoms with Crippen molar-refractivity contribution in [3.05, 3.63) is 29.8 Å². The molecule has 0 saturated carbocycles. The molecule has 0 unspecified atom stereocenters. The molecule has 0 spiro atoms. The second-order valence-electron chi connectivity index (χ2n) is 6.51. The second kappa shape index (κ2) is 4.35. The topological polar surface area (TPSA) is 3.24 Å². The molecule has 0 aliphatic carbocycles. The van der Waals surface area contributed by atoms with E-state index < -0.39 is 0 Å².